The fraction of sp³-hybridized carbons (Fsp3) is 0.618. The van der Waals surface area contributed by atoms with Crippen molar-refractivity contribution >= 4 is 36.4 Å². The third kappa shape index (κ3) is 7.36. The van der Waals surface area contributed by atoms with Crippen molar-refractivity contribution in [1.29, 1.82) is 0 Å². The highest BCUT2D eigenvalue weighted by Crippen LogP contribution is 2.41. The van der Waals surface area contributed by atoms with Crippen molar-refractivity contribution in [2.24, 2.45) is 18.4 Å². The van der Waals surface area contributed by atoms with Gasteiger partial charge in [-0.25, -0.2) is 15.0 Å². The van der Waals surface area contributed by atoms with Crippen LogP contribution >= 0.6 is 0 Å². The first-order chi connectivity index (χ1) is 22.7. The van der Waals surface area contributed by atoms with Gasteiger partial charge in [0, 0.05) is 77.4 Å². The molecule has 1 atom stereocenters. The van der Waals surface area contributed by atoms with E-state index in [0.717, 1.165) is 68.0 Å². The molecule has 13 nitrogen and oxygen atoms in total. The summed E-state index contributed by atoms with van der Waals surface area (Å²) in [5.74, 6) is 2.41. The van der Waals surface area contributed by atoms with Crippen molar-refractivity contribution in [3.63, 3.8) is 0 Å². The van der Waals surface area contributed by atoms with Gasteiger partial charge in [0.15, 0.2) is 11.6 Å². The van der Waals surface area contributed by atoms with Crippen molar-refractivity contribution in [3.8, 4) is 11.4 Å². The van der Waals surface area contributed by atoms with Gasteiger partial charge in [-0.3, -0.25) is 18.8 Å². The number of anilines is 3. The molecule has 14 heteroatoms. The van der Waals surface area contributed by atoms with Crippen LogP contribution in [-0.2, 0) is 25.1 Å². The molecular weight excluding hydrogens is 627 g/mol. The van der Waals surface area contributed by atoms with Crippen LogP contribution in [0.25, 0.3) is 22.3 Å². The molecule has 6 rings (SSSR count). The number of aliphatic hydroxyl groups excluding tert-OH is 1. The Balaban J connectivity index is 1.26. The van der Waals surface area contributed by atoms with Gasteiger partial charge >= 0.3 is 0 Å². The van der Waals surface area contributed by atoms with E-state index in [4.69, 9.17) is 14.8 Å². The summed E-state index contributed by atoms with van der Waals surface area (Å²) in [6.45, 7) is 13.9. The summed E-state index contributed by atoms with van der Waals surface area (Å²) in [5, 5.41) is 30.5. The number of nitrogens with one attached hydrogen (secondary N) is 1. The van der Waals surface area contributed by atoms with E-state index in [1.54, 1.807) is 30.2 Å². The van der Waals surface area contributed by atoms with E-state index < -0.39 is 13.7 Å². The monoisotopic (exact) mass is 677 g/mol. The van der Waals surface area contributed by atoms with Gasteiger partial charge in [-0.05, 0) is 45.2 Å². The van der Waals surface area contributed by atoms with Gasteiger partial charge in [-0.2, -0.15) is 5.10 Å². The Hall–Kier alpha value is -3.59. The third-order valence-electron chi connectivity index (χ3n) is 10.1. The minimum Gasteiger partial charge on any atom is -0.396 e. The molecule has 3 N–H and O–H groups in total. The molecule has 1 aliphatic heterocycles. The maximum Gasteiger partial charge on any atom is 0.277 e. The number of nitrogens with zero attached hydrogens (tertiary/aromatic N) is 8. The largest absolute Gasteiger partial charge is 0.396 e. The van der Waals surface area contributed by atoms with Gasteiger partial charge in [0.2, 0.25) is 0 Å². The summed E-state index contributed by atoms with van der Waals surface area (Å²) in [5.41, 5.74) is 0.148. The second-order valence-corrected chi connectivity index (χ2v) is 21.2. The first-order valence-corrected chi connectivity index (χ1v) is 20.9. The molecule has 4 aromatic heterocycles. The topological polar surface area (TPSA) is 148 Å². The quantitative estimate of drug-likeness (QED) is 0.136. The third-order valence-corrected chi connectivity index (χ3v) is 11.9. The molecule has 0 bridgehead atoms. The minimum atomic E-state index is -1.21. The summed E-state index contributed by atoms with van der Waals surface area (Å²) < 4.78 is 11.2. The fourth-order valence-corrected chi connectivity index (χ4v) is 7.65. The normalized spacial score (nSPS) is 18.3. The van der Waals surface area contributed by atoms with Gasteiger partial charge in [-0.1, -0.05) is 32.5 Å². The van der Waals surface area contributed by atoms with Crippen LogP contribution in [-0.4, -0.2) is 84.3 Å². The zero-order chi connectivity index (χ0) is 34.3. The molecule has 48 heavy (non-hydrogen) atoms. The lowest BCUT2D eigenvalue weighted by molar-refractivity contribution is 0.0263. The smallest absolute Gasteiger partial charge is 0.277 e. The van der Waals surface area contributed by atoms with Crippen LogP contribution < -0.4 is 15.8 Å². The Morgan fingerprint density at radius 1 is 1.17 bits per heavy atom. The number of ether oxygens (including phenoxy) is 1. The number of aromatic nitrogens is 7. The zero-order valence-electron chi connectivity index (χ0n) is 29.2. The van der Waals surface area contributed by atoms with Crippen LogP contribution in [0.4, 0.5) is 17.5 Å². The average Bonchev–Trinajstić information content (AvgIpc) is 3.83. The predicted octanol–water partition coefficient (Wildman–Crippen LogP) is 4.59. The van der Waals surface area contributed by atoms with Crippen molar-refractivity contribution in [1.82, 2.24) is 34.1 Å². The van der Waals surface area contributed by atoms with E-state index in [1.165, 1.54) is 4.68 Å². The molecular formula is C34H51N9O4Si. The highest BCUT2D eigenvalue weighted by atomic mass is 28.3. The molecule has 2 aliphatic rings. The Morgan fingerprint density at radius 3 is 2.62 bits per heavy atom. The minimum absolute atomic E-state index is 0.125. The van der Waals surface area contributed by atoms with Crippen LogP contribution in [0.15, 0.2) is 35.5 Å². The maximum atomic E-state index is 13.2. The summed E-state index contributed by atoms with van der Waals surface area (Å²) >= 11 is 0. The van der Waals surface area contributed by atoms with Gasteiger partial charge < -0.3 is 25.2 Å². The first-order valence-electron chi connectivity index (χ1n) is 17.1. The standard InChI is InChI=1S/C34H51N9O4Si/c1-33(2,46)24-10-14-41(19-24)31-25-18-36-29(17-27(25)43(39-31)21-34(22-44)11-7-8-12-34)37-28-9-13-35-30(38-28)26-20-42(40(3)32(26)45)23-47-15-16-48(4,5)6/h9,13,17-18,20,24,44,46H,7-8,10-12,14-16,19,21-23H2,1-6H3,(H,35,36,37,38)/t24-/m1/s1. The number of pyridine rings is 1. The Morgan fingerprint density at radius 2 is 1.94 bits per heavy atom. The van der Waals surface area contributed by atoms with Gasteiger partial charge in [0.1, 0.15) is 23.9 Å². The molecule has 260 valence electrons. The fourth-order valence-electron chi connectivity index (χ4n) is 6.90. The van der Waals surface area contributed by atoms with Crippen LogP contribution in [0.5, 0.6) is 0 Å². The highest BCUT2D eigenvalue weighted by Gasteiger charge is 2.37. The Bertz CT molecular complexity index is 1800. The summed E-state index contributed by atoms with van der Waals surface area (Å²) in [7, 11) is 0.501. The summed E-state index contributed by atoms with van der Waals surface area (Å²) in [6.07, 6.45) is 10.2. The van der Waals surface area contributed by atoms with Gasteiger partial charge in [0.05, 0.1) is 23.1 Å². The predicted molar refractivity (Wildman–Crippen MR) is 190 cm³/mol. The van der Waals surface area contributed by atoms with Crippen molar-refractivity contribution < 1.29 is 14.9 Å². The van der Waals surface area contributed by atoms with E-state index in [2.05, 4.69) is 39.8 Å². The first kappa shape index (κ1) is 34.3. The van der Waals surface area contributed by atoms with Crippen LogP contribution in [0.3, 0.4) is 0 Å². The average molecular weight is 678 g/mol. The number of hydrogen-bond acceptors (Lipinski definition) is 10. The Kier molecular flexibility index (Phi) is 9.55. The lowest BCUT2D eigenvalue weighted by atomic mass is 9.87. The van der Waals surface area contributed by atoms with Gasteiger partial charge in [0.25, 0.3) is 5.56 Å². The molecule has 1 saturated heterocycles. The number of fused-ring (bicyclic) bond motifs is 1. The van der Waals surface area contributed by atoms with Crippen LogP contribution in [0.2, 0.25) is 25.7 Å². The number of rotatable bonds is 13. The van der Waals surface area contributed by atoms with E-state index in [9.17, 15) is 15.0 Å². The van der Waals surface area contributed by atoms with Crippen molar-refractivity contribution in [3.05, 3.63) is 41.1 Å². The second-order valence-electron chi connectivity index (χ2n) is 15.6. The van der Waals surface area contributed by atoms with E-state index in [1.807, 2.05) is 30.8 Å². The van der Waals surface area contributed by atoms with Crippen LogP contribution in [0, 0.1) is 11.3 Å². The summed E-state index contributed by atoms with van der Waals surface area (Å²) in [4.78, 5) is 29.2. The van der Waals surface area contributed by atoms with Crippen molar-refractivity contribution in [2.45, 2.75) is 90.5 Å². The molecule has 0 radical (unpaired) electrons. The highest BCUT2D eigenvalue weighted by molar-refractivity contribution is 6.76. The lowest BCUT2D eigenvalue weighted by Crippen LogP contribution is -2.33. The van der Waals surface area contributed by atoms with Gasteiger partial charge in [-0.15, -0.1) is 0 Å². The van der Waals surface area contributed by atoms with E-state index in [-0.39, 0.29) is 30.2 Å². The molecule has 0 spiro atoms. The van der Waals surface area contributed by atoms with Crippen molar-refractivity contribution in [2.75, 3.05) is 36.5 Å². The lowest BCUT2D eigenvalue weighted by Gasteiger charge is -2.26. The van der Waals surface area contributed by atoms with Crippen LogP contribution in [0.1, 0.15) is 46.0 Å². The van der Waals surface area contributed by atoms with E-state index >= 15 is 0 Å². The zero-order valence-corrected chi connectivity index (χ0v) is 30.2. The SMILES string of the molecule is Cn1c(=O)c(-c2nccc(Nc3cc4c(cn3)c(N3CC[C@@H](C(C)(C)O)C3)nn4CC3(CO)CCCC3)n2)cn1COCC[Si](C)(C)C. The maximum absolute atomic E-state index is 13.2. The number of hydrogen-bond donors (Lipinski definition) is 3. The Labute approximate surface area is 283 Å². The molecule has 0 unspecified atom stereocenters. The number of aliphatic hydroxyl groups is 2. The summed E-state index contributed by atoms with van der Waals surface area (Å²) in [6, 6.07) is 4.78. The molecule has 1 aliphatic carbocycles. The van der Waals surface area contributed by atoms with E-state index in [0.29, 0.717) is 36.2 Å². The molecule has 0 aromatic carbocycles. The molecule has 2 fully saturated rings. The second kappa shape index (κ2) is 13.4. The molecule has 1 saturated carbocycles. The molecule has 0 amide bonds. The molecule has 4 aromatic rings. The molecule has 5 heterocycles.